The van der Waals surface area contributed by atoms with Crippen molar-refractivity contribution < 1.29 is 17.9 Å². The van der Waals surface area contributed by atoms with E-state index in [9.17, 15) is 13.2 Å². The molecule has 0 aromatic heterocycles. The van der Waals surface area contributed by atoms with Crippen LogP contribution in [0.15, 0.2) is 4.99 Å². The van der Waals surface area contributed by atoms with Crippen molar-refractivity contribution in [1.82, 2.24) is 14.9 Å². The van der Waals surface area contributed by atoms with Crippen molar-refractivity contribution in [1.29, 1.82) is 0 Å². The summed E-state index contributed by atoms with van der Waals surface area (Å²) in [5.74, 6) is 2.30. The number of ether oxygens (including phenoxy) is 1. The molecule has 0 bridgehead atoms. The summed E-state index contributed by atoms with van der Waals surface area (Å²) in [5, 5.41) is 6.57. The van der Waals surface area contributed by atoms with E-state index in [1.54, 1.807) is 16.1 Å². The molecular weight excluding hydrogens is 400 g/mol. The smallest absolute Gasteiger partial charge is 0.308 e. The molecule has 1 aliphatic heterocycles. The Labute approximate surface area is 173 Å². The van der Waals surface area contributed by atoms with Crippen LogP contribution in [0.2, 0.25) is 0 Å². The van der Waals surface area contributed by atoms with E-state index in [-0.39, 0.29) is 30.2 Å². The van der Waals surface area contributed by atoms with Gasteiger partial charge in [0.1, 0.15) is 0 Å². The predicted molar refractivity (Wildman–Crippen MR) is 114 cm³/mol. The molecule has 1 saturated heterocycles. The third-order valence-corrected chi connectivity index (χ3v) is 7.81. The zero-order chi connectivity index (χ0) is 20.4. The van der Waals surface area contributed by atoms with E-state index in [1.807, 2.05) is 13.8 Å². The second-order valence-corrected chi connectivity index (χ2v) is 10.3. The number of sulfonamides is 1. The van der Waals surface area contributed by atoms with Crippen LogP contribution in [0, 0.1) is 5.92 Å². The molecule has 2 aliphatic rings. The fourth-order valence-corrected chi connectivity index (χ4v) is 5.93. The molecular formula is C18H34N4O4S2. The third kappa shape index (κ3) is 7.44. The fraction of sp³-hybridized carbons (Fsp3) is 0.889. The van der Waals surface area contributed by atoms with Gasteiger partial charge >= 0.3 is 5.97 Å². The monoisotopic (exact) mass is 434 g/mol. The lowest BCUT2D eigenvalue weighted by molar-refractivity contribution is -0.149. The summed E-state index contributed by atoms with van der Waals surface area (Å²) in [5.41, 5.74) is 0. The Kier molecular flexibility index (Phi) is 9.87. The van der Waals surface area contributed by atoms with Gasteiger partial charge in [0.15, 0.2) is 5.96 Å². The number of esters is 1. The Morgan fingerprint density at radius 2 is 1.86 bits per heavy atom. The summed E-state index contributed by atoms with van der Waals surface area (Å²) in [6.45, 7) is 6.37. The lowest BCUT2D eigenvalue weighted by atomic mass is 9.86. The standard InChI is InChI=1S/C18H34N4O4S2/c1-3-19-18(20-9-14-28(24,25)22-10-12-27-13-11-22)21-16-7-5-15(6-8-16)17(23)26-4-2/h15-16H,3-14H2,1-2H3,(H2,19,20,21). The van der Waals surface area contributed by atoms with Gasteiger partial charge in [-0.3, -0.25) is 9.79 Å². The van der Waals surface area contributed by atoms with Crippen LogP contribution in [-0.2, 0) is 19.6 Å². The molecule has 8 nitrogen and oxygen atoms in total. The normalized spacial score (nSPS) is 24.6. The summed E-state index contributed by atoms with van der Waals surface area (Å²) in [7, 11) is -3.24. The molecule has 162 valence electrons. The largest absolute Gasteiger partial charge is 0.466 e. The van der Waals surface area contributed by atoms with E-state index >= 15 is 0 Å². The van der Waals surface area contributed by atoms with Crippen LogP contribution in [0.1, 0.15) is 39.5 Å². The zero-order valence-electron chi connectivity index (χ0n) is 17.0. The van der Waals surface area contributed by atoms with E-state index < -0.39 is 10.0 Å². The Balaban J connectivity index is 1.81. The number of rotatable bonds is 8. The average molecular weight is 435 g/mol. The molecule has 1 aliphatic carbocycles. The van der Waals surface area contributed by atoms with Gasteiger partial charge < -0.3 is 15.4 Å². The van der Waals surface area contributed by atoms with Gasteiger partial charge in [-0.2, -0.15) is 11.8 Å². The van der Waals surface area contributed by atoms with E-state index in [4.69, 9.17) is 4.74 Å². The molecule has 0 aromatic rings. The number of hydrogen-bond donors (Lipinski definition) is 2. The molecule has 0 atom stereocenters. The van der Waals surface area contributed by atoms with E-state index in [0.29, 0.717) is 32.2 Å². The van der Waals surface area contributed by atoms with Crippen LogP contribution in [0.25, 0.3) is 0 Å². The molecule has 0 amide bonds. The highest BCUT2D eigenvalue weighted by Crippen LogP contribution is 2.25. The third-order valence-electron chi connectivity index (χ3n) is 5.01. The predicted octanol–water partition coefficient (Wildman–Crippen LogP) is 1.04. The van der Waals surface area contributed by atoms with Gasteiger partial charge in [0.05, 0.1) is 24.8 Å². The second kappa shape index (κ2) is 11.9. The number of hydrogen-bond acceptors (Lipinski definition) is 6. The first kappa shape index (κ1) is 23.3. The van der Waals surface area contributed by atoms with Gasteiger partial charge in [-0.25, -0.2) is 12.7 Å². The maximum absolute atomic E-state index is 12.4. The number of carbonyl (C=O) groups is 1. The van der Waals surface area contributed by atoms with E-state index in [1.165, 1.54) is 0 Å². The van der Waals surface area contributed by atoms with E-state index in [2.05, 4.69) is 15.6 Å². The maximum atomic E-state index is 12.4. The van der Waals surface area contributed by atoms with Crippen molar-refractivity contribution >= 4 is 33.7 Å². The number of carbonyl (C=O) groups excluding carboxylic acids is 1. The molecule has 2 rings (SSSR count). The minimum atomic E-state index is -3.24. The fourth-order valence-electron chi connectivity index (χ4n) is 3.47. The van der Waals surface area contributed by atoms with Crippen LogP contribution in [0.5, 0.6) is 0 Å². The zero-order valence-corrected chi connectivity index (χ0v) is 18.6. The molecule has 0 spiro atoms. The number of thioether (sulfide) groups is 1. The summed E-state index contributed by atoms with van der Waals surface area (Å²) < 4.78 is 31.6. The van der Waals surface area contributed by atoms with E-state index in [0.717, 1.165) is 37.2 Å². The lowest BCUT2D eigenvalue weighted by Gasteiger charge is -2.29. The summed E-state index contributed by atoms with van der Waals surface area (Å²) in [4.78, 5) is 16.3. The molecule has 1 heterocycles. The van der Waals surface area contributed by atoms with Crippen LogP contribution < -0.4 is 10.6 Å². The first-order valence-electron chi connectivity index (χ1n) is 10.2. The van der Waals surface area contributed by atoms with Gasteiger partial charge in [0.2, 0.25) is 10.0 Å². The van der Waals surface area contributed by atoms with Crippen LogP contribution in [0.3, 0.4) is 0 Å². The Hall–Kier alpha value is -1.00. The molecule has 10 heteroatoms. The molecule has 28 heavy (non-hydrogen) atoms. The average Bonchev–Trinajstić information content (AvgIpc) is 2.69. The minimum Gasteiger partial charge on any atom is -0.466 e. The first-order valence-corrected chi connectivity index (χ1v) is 13.0. The van der Waals surface area contributed by atoms with Crippen LogP contribution in [0.4, 0.5) is 0 Å². The SMILES string of the molecule is CCNC(=NCCS(=O)(=O)N1CCSCC1)NC1CCC(C(=O)OCC)CC1. The van der Waals surface area contributed by atoms with Crippen molar-refractivity contribution in [3.63, 3.8) is 0 Å². The van der Waals surface area contributed by atoms with Crippen molar-refractivity contribution in [2.24, 2.45) is 10.9 Å². The van der Waals surface area contributed by atoms with Crippen LogP contribution in [-0.4, -0.2) is 80.7 Å². The highest BCUT2D eigenvalue weighted by molar-refractivity contribution is 7.99. The molecule has 0 aromatic carbocycles. The maximum Gasteiger partial charge on any atom is 0.308 e. The quantitative estimate of drug-likeness (QED) is 0.334. The van der Waals surface area contributed by atoms with Gasteiger partial charge in [-0.1, -0.05) is 0 Å². The first-order chi connectivity index (χ1) is 13.5. The highest BCUT2D eigenvalue weighted by Gasteiger charge is 2.28. The van der Waals surface area contributed by atoms with Crippen molar-refractivity contribution in [2.45, 2.75) is 45.6 Å². The van der Waals surface area contributed by atoms with Crippen molar-refractivity contribution in [3.05, 3.63) is 0 Å². The second-order valence-electron chi connectivity index (χ2n) is 7.03. The summed E-state index contributed by atoms with van der Waals surface area (Å²) in [6.07, 6.45) is 3.35. The van der Waals surface area contributed by atoms with Gasteiger partial charge in [0.25, 0.3) is 0 Å². The molecule has 0 radical (unpaired) electrons. The van der Waals surface area contributed by atoms with Crippen molar-refractivity contribution in [2.75, 3.05) is 50.0 Å². The molecule has 2 fully saturated rings. The summed E-state index contributed by atoms with van der Waals surface area (Å²) >= 11 is 1.79. The topological polar surface area (TPSA) is 100 Å². The minimum absolute atomic E-state index is 0.00891. The van der Waals surface area contributed by atoms with Gasteiger partial charge in [0, 0.05) is 37.2 Å². The number of nitrogens with one attached hydrogen (secondary N) is 2. The van der Waals surface area contributed by atoms with Gasteiger partial charge in [-0.15, -0.1) is 0 Å². The molecule has 1 saturated carbocycles. The van der Waals surface area contributed by atoms with Gasteiger partial charge in [-0.05, 0) is 39.5 Å². The lowest BCUT2D eigenvalue weighted by Crippen LogP contribution is -2.45. The van der Waals surface area contributed by atoms with Crippen molar-refractivity contribution in [3.8, 4) is 0 Å². The Morgan fingerprint density at radius 1 is 1.18 bits per heavy atom. The molecule has 0 unspecified atom stereocenters. The Morgan fingerprint density at radius 3 is 2.46 bits per heavy atom. The van der Waals surface area contributed by atoms with Crippen LogP contribution >= 0.6 is 11.8 Å². The summed E-state index contributed by atoms with van der Waals surface area (Å²) in [6, 6.07) is 0.235. The Bertz CT molecular complexity index is 613. The number of guanidine groups is 1. The number of nitrogens with zero attached hydrogens (tertiary/aromatic N) is 2. The highest BCUT2D eigenvalue weighted by atomic mass is 32.2. The molecule has 2 N–H and O–H groups in total. The number of aliphatic imine (C=N–C) groups is 1.